The van der Waals surface area contributed by atoms with E-state index in [2.05, 4.69) is 27.0 Å². The van der Waals surface area contributed by atoms with Gasteiger partial charge in [0.25, 0.3) is 11.5 Å². The van der Waals surface area contributed by atoms with Crippen molar-refractivity contribution in [3.63, 3.8) is 0 Å². The normalized spacial score (nSPS) is 10.7. The maximum Gasteiger partial charge on any atom is 0.255 e. The van der Waals surface area contributed by atoms with Crippen LogP contribution in [0, 0.1) is 0 Å². The molecule has 0 unspecified atom stereocenters. The second kappa shape index (κ2) is 9.05. The van der Waals surface area contributed by atoms with Crippen molar-refractivity contribution in [2.45, 2.75) is 13.0 Å². The van der Waals surface area contributed by atoms with Crippen molar-refractivity contribution >= 4 is 5.91 Å². The summed E-state index contributed by atoms with van der Waals surface area (Å²) in [6, 6.07) is 22.2. The summed E-state index contributed by atoms with van der Waals surface area (Å²) in [4.78, 5) is 28.6. The van der Waals surface area contributed by atoms with Crippen molar-refractivity contribution in [1.29, 1.82) is 0 Å². The van der Waals surface area contributed by atoms with E-state index >= 15 is 0 Å². The van der Waals surface area contributed by atoms with Gasteiger partial charge in [0.2, 0.25) is 0 Å². The van der Waals surface area contributed by atoms with Gasteiger partial charge in [-0.2, -0.15) is 0 Å². The molecule has 0 radical (unpaired) electrons. The third kappa shape index (κ3) is 4.55. The first-order valence-electron chi connectivity index (χ1n) is 9.80. The van der Waals surface area contributed by atoms with Crippen LogP contribution in [0.5, 0.6) is 0 Å². The molecule has 2 aromatic carbocycles. The molecule has 0 aliphatic carbocycles. The Bertz CT molecular complexity index is 1180. The van der Waals surface area contributed by atoms with E-state index in [1.807, 2.05) is 30.7 Å². The highest BCUT2D eigenvalue weighted by Gasteiger charge is 2.08. The van der Waals surface area contributed by atoms with Gasteiger partial charge in [0.1, 0.15) is 0 Å². The van der Waals surface area contributed by atoms with Crippen LogP contribution in [0.2, 0.25) is 0 Å². The topological polar surface area (TPSA) is 68.9 Å². The van der Waals surface area contributed by atoms with Crippen LogP contribution in [0.3, 0.4) is 0 Å². The number of pyridine rings is 1. The highest BCUT2D eigenvalue weighted by molar-refractivity contribution is 5.94. The Balaban J connectivity index is 1.34. The number of imidazole rings is 1. The first-order valence-corrected chi connectivity index (χ1v) is 9.80. The molecule has 2 heterocycles. The van der Waals surface area contributed by atoms with Gasteiger partial charge in [0.05, 0.1) is 6.33 Å². The lowest BCUT2D eigenvalue weighted by Crippen LogP contribution is -2.26. The quantitative estimate of drug-likeness (QED) is 0.520. The van der Waals surface area contributed by atoms with Crippen LogP contribution in [0.4, 0.5) is 0 Å². The van der Waals surface area contributed by atoms with E-state index in [-0.39, 0.29) is 11.5 Å². The summed E-state index contributed by atoms with van der Waals surface area (Å²) in [6.45, 7) is 1.27. The summed E-state index contributed by atoms with van der Waals surface area (Å²) in [5.41, 5.74) is 3.45. The zero-order valence-corrected chi connectivity index (χ0v) is 16.4. The molecule has 1 amide bonds. The first-order chi connectivity index (χ1) is 14.7. The van der Waals surface area contributed by atoms with Gasteiger partial charge in [0, 0.05) is 54.9 Å². The van der Waals surface area contributed by atoms with E-state index in [0.29, 0.717) is 18.5 Å². The molecule has 4 aromatic rings. The largest absolute Gasteiger partial charge is 0.352 e. The third-order valence-corrected chi connectivity index (χ3v) is 4.89. The Morgan fingerprint density at radius 1 is 0.933 bits per heavy atom. The maximum atomic E-state index is 12.5. The fourth-order valence-corrected chi connectivity index (χ4v) is 3.30. The van der Waals surface area contributed by atoms with Gasteiger partial charge in [-0.25, -0.2) is 4.98 Å². The van der Waals surface area contributed by atoms with Crippen molar-refractivity contribution < 1.29 is 4.79 Å². The van der Waals surface area contributed by atoms with Crippen LogP contribution in [0.25, 0.3) is 5.69 Å². The maximum absolute atomic E-state index is 12.5. The van der Waals surface area contributed by atoms with Crippen molar-refractivity contribution in [3.8, 4) is 5.69 Å². The molecule has 6 heteroatoms. The van der Waals surface area contributed by atoms with E-state index in [1.54, 1.807) is 42.6 Å². The van der Waals surface area contributed by atoms with Crippen LogP contribution in [0.15, 0.2) is 96.3 Å². The van der Waals surface area contributed by atoms with E-state index < -0.39 is 0 Å². The second-order valence-electron chi connectivity index (χ2n) is 6.96. The molecule has 0 bridgehead atoms. The summed E-state index contributed by atoms with van der Waals surface area (Å²) in [6.07, 6.45) is 6.04. The number of hydrogen-bond donors (Lipinski definition) is 1. The zero-order valence-electron chi connectivity index (χ0n) is 16.4. The van der Waals surface area contributed by atoms with Gasteiger partial charge >= 0.3 is 0 Å². The Morgan fingerprint density at radius 2 is 1.70 bits per heavy atom. The highest BCUT2D eigenvalue weighted by Crippen LogP contribution is 2.09. The number of nitrogens with zero attached hydrogens (tertiary/aromatic N) is 3. The number of nitrogens with one attached hydrogen (secondary N) is 1. The molecule has 0 saturated carbocycles. The first kappa shape index (κ1) is 19.4. The van der Waals surface area contributed by atoms with Crippen LogP contribution in [-0.4, -0.2) is 26.6 Å². The predicted molar refractivity (Wildman–Crippen MR) is 116 cm³/mol. The van der Waals surface area contributed by atoms with Crippen LogP contribution >= 0.6 is 0 Å². The summed E-state index contributed by atoms with van der Waals surface area (Å²) in [5.74, 6) is -0.143. The monoisotopic (exact) mass is 398 g/mol. The summed E-state index contributed by atoms with van der Waals surface area (Å²) >= 11 is 0. The zero-order chi connectivity index (χ0) is 20.8. The summed E-state index contributed by atoms with van der Waals surface area (Å²) in [7, 11) is 0. The smallest absolute Gasteiger partial charge is 0.255 e. The van der Waals surface area contributed by atoms with Crippen LogP contribution < -0.4 is 10.9 Å². The molecule has 4 rings (SSSR count). The number of benzene rings is 2. The van der Waals surface area contributed by atoms with E-state index in [0.717, 1.165) is 17.9 Å². The highest BCUT2D eigenvalue weighted by atomic mass is 16.1. The van der Waals surface area contributed by atoms with Crippen molar-refractivity contribution in [2.24, 2.45) is 0 Å². The standard InChI is InChI=1S/C24H22N4O2/c29-23-8-4-5-15-28(23)21-11-9-20(10-12-21)24(30)26-14-13-22-16-25-18-27(22)17-19-6-2-1-3-7-19/h1-12,15-16,18H,13-14,17H2,(H,26,30). The SMILES string of the molecule is O=C(NCCc1cncn1Cc1ccccc1)c1ccc(-n2ccccc2=O)cc1. The Hall–Kier alpha value is -3.93. The van der Waals surface area contributed by atoms with E-state index in [4.69, 9.17) is 0 Å². The van der Waals surface area contributed by atoms with Gasteiger partial charge in [-0.3, -0.25) is 14.2 Å². The minimum absolute atomic E-state index is 0.109. The van der Waals surface area contributed by atoms with Gasteiger partial charge in [-0.1, -0.05) is 36.4 Å². The molecular weight excluding hydrogens is 376 g/mol. The number of carbonyl (C=O) groups excluding carboxylic acids is 1. The molecule has 0 saturated heterocycles. The number of carbonyl (C=O) groups is 1. The molecule has 150 valence electrons. The molecule has 2 aromatic heterocycles. The van der Waals surface area contributed by atoms with Crippen molar-refractivity contribution in [2.75, 3.05) is 6.54 Å². The van der Waals surface area contributed by atoms with E-state index in [1.165, 1.54) is 16.2 Å². The van der Waals surface area contributed by atoms with Crippen molar-refractivity contribution in [3.05, 3.63) is 119 Å². The molecule has 0 atom stereocenters. The van der Waals surface area contributed by atoms with Gasteiger partial charge < -0.3 is 9.88 Å². The molecule has 30 heavy (non-hydrogen) atoms. The molecule has 1 N–H and O–H groups in total. The fourth-order valence-electron chi connectivity index (χ4n) is 3.30. The molecule has 0 spiro atoms. The number of hydrogen-bond acceptors (Lipinski definition) is 3. The molecule has 6 nitrogen and oxygen atoms in total. The summed E-state index contributed by atoms with van der Waals surface area (Å²) in [5, 5.41) is 2.95. The third-order valence-electron chi connectivity index (χ3n) is 4.89. The lowest BCUT2D eigenvalue weighted by molar-refractivity contribution is 0.0954. The second-order valence-corrected chi connectivity index (χ2v) is 6.96. The molecule has 0 aliphatic rings. The Morgan fingerprint density at radius 3 is 2.47 bits per heavy atom. The minimum Gasteiger partial charge on any atom is -0.352 e. The Labute approximate surface area is 174 Å². The number of rotatable bonds is 7. The van der Waals surface area contributed by atoms with Gasteiger partial charge in [0.15, 0.2) is 0 Å². The fraction of sp³-hybridized carbons (Fsp3) is 0.125. The van der Waals surface area contributed by atoms with Crippen LogP contribution in [-0.2, 0) is 13.0 Å². The predicted octanol–water partition coefficient (Wildman–Crippen LogP) is 3.05. The summed E-state index contributed by atoms with van der Waals surface area (Å²) < 4.78 is 3.63. The average molecular weight is 398 g/mol. The molecular formula is C24H22N4O2. The van der Waals surface area contributed by atoms with Gasteiger partial charge in [-0.15, -0.1) is 0 Å². The van der Waals surface area contributed by atoms with E-state index in [9.17, 15) is 9.59 Å². The molecule has 0 aliphatic heterocycles. The average Bonchev–Trinajstić information content (AvgIpc) is 3.22. The van der Waals surface area contributed by atoms with Crippen molar-refractivity contribution in [1.82, 2.24) is 19.4 Å². The number of amides is 1. The lowest BCUT2D eigenvalue weighted by atomic mass is 10.2. The Kier molecular flexibility index (Phi) is 5.85. The van der Waals surface area contributed by atoms with Gasteiger partial charge in [-0.05, 0) is 35.9 Å². The van der Waals surface area contributed by atoms with Crippen LogP contribution in [0.1, 0.15) is 21.6 Å². The lowest BCUT2D eigenvalue weighted by Gasteiger charge is -2.10. The molecule has 0 fully saturated rings. The number of aromatic nitrogens is 3. The minimum atomic E-state index is -0.143.